The van der Waals surface area contributed by atoms with Crippen LogP contribution in [0.25, 0.3) is 0 Å². The molecule has 128 valence electrons. The van der Waals surface area contributed by atoms with Crippen LogP contribution in [-0.4, -0.2) is 31.0 Å². The van der Waals surface area contributed by atoms with Crippen molar-refractivity contribution >= 4 is 0 Å². The van der Waals surface area contributed by atoms with Gasteiger partial charge in [-0.25, -0.2) is 0 Å². The molecule has 1 saturated carbocycles. The van der Waals surface area contributed by atoms with E-state index in [4.69, 9.17) is 14.2 Å². The molecule has 0 bridgehead atoms. The molecule has 5 atom stereocenters. The number of ether oxygens (including phenoxy) is 3. The highest BCUT2D eigenvalue weighted by Crippen LogP contribution is 2.49. The molecule has 0 amide bonds. The van der Waals surface area contributed by atoms with Gasteiger partial charge in [-0.15, -0.1) is 0 Å². The smallest absolute Gasteiger partial charge is 0.128 e. The minimum absolute atomic E-state index is 0.124. The van der Waals surface area contributed by atoms with Gasteiger partial charge in [-0.3, -0.25) is 0 Å². The Labute approximate surface area is 138 Å². The van der Waals surface area contributed by atoms with Gasteiger partial charge < -0.3 is 19.3 Å². The van der Waals surface area contributed by atoms with E-state index >= 15 is 0 Å². The third-order valence-corrected chi connectivity index (χ3v) is 5.58. The summed E-state index contributed by atoms with van der Waals surface area (Å²) in [5.41, 5.74) is 0.295. The Hall–Kier alpha value is -1.26. The molecule has 1 N–H and O–H groups in total. The number of benzene rings is 1. The van der Waals surface area contributed by atoms with Crippen molar-refractivity contribution in [1.29, 1.82) is 0 Å². The minimum atomic E-state index is -0.696. The lowest BCUT2D eigenvalue weighted by atomic mass is 9.68. The third-order valence-electron chi connectivity index (χ3n) is 5.58. The molecule has 1 saturated heterocycles. The van der Waals surface area contributed by atoms with Crippen LogP contribution in [0.2, 0.25) is 0 Å². The Morgan fingerprint density at radius 3 is 2.70 bits per heavy atom. The van der Waals surface area contributed by atoms with Gasteiger partial charge >= 0.3 is 0 Å². The maximum atomic E-state index is 11.0. The summed E-state index contributed by atoms with van der Waals surface area (Å²) in [6.45, 7) is 4.23. The lowest BCUT2D eigenvalue weighted by molar-refractivity contribution is -0.198. The number of hydrogen-bond acceptors (Lipinski definition) is 4. The minimum Gasteiger partial charge on any atom is -0.497 e. The second-order valence-electron chi connectivity index (χ2n) is 7.36. The molecule has 2 fully saturated rings. The molecule has 2 aliphatic rings. The first-order valence-electron chi connectivity index (χ1n) is 8.54. The number of hydrogen-bond donors (Lipinski definition) is 1. The zero-order valence-electron chi connectivity index (χ0n) is 14.5. The van der Waals surface area contributed by atoms with Crippen LogP contribution in [0.4, 0.5) is 0 Å². The van der Waals surface area contributed by atoms with Crippen molar-refractivity contribution in [2.24, 2.45) is 11.8 Å². The third kappa shape index (κ3) is 3.20. The second-order valence-corrected chi connectivity index (χ2v) is 7.36. The molecule has 1 unspecified atom stereocenters. The Bertz CT molecular complexity index is 554. The Morgan fingerprint density at radius 2 is 2.00 bits per heavy atom. The van der Waals surface area contributed by atoms with E-state index in [9.17, 15) is 5.11 Å². The van der Waals surface area contributed by atoms with Gasteiger partial charge in [0, 0.05) is 24.0 Å². The SMILES string of the molecule is COc1ccc([C@H]2CC(C)(O)[C@@H]3CC[C@@H](C)C[C@H]3O2)c(OC)c1. The lowest BCUT2D eigenvalue weighted by Crippen LogP contribution is -2.51. The topological polar surface area (TPSA) is 47.9 Å². The summed E-state index contributed by atoms with van der Waals surface area (Å²) in [7, 11) is 3.30. The van der Waals surface area contributed by atoms with Gasteiger partial charge in [-0.05, 0) is 37.8 Å². The normalized spacial score (nSPS) is 37.1. The number of rotatable bonds is 3. The van der Waals surface area contributed by atoms with Crippen LogP contribution in [0.3, 0.4) is 0 Å². The van der Waals surface area contributed by atoms with E-state index in [0.29, 0.717) is 12.3 Å². The number of fused-ring (bicyclic) bond motifs is 1. The molecule has 0 radical (unpaired) electrons. The van der Waals surface area contributed by atoms with Crippen molar-refractivity contribution in [3.63, 3.8) is 0 Å². The molecule has 1 heterocycles. The predicted molar refractivity (Wildman–Crippen MR) is 88.9 cm³/mol. The van der Waals surface area contributed by atoms with Crippen LogP contribution in [0, 0.1) is 11.8 Å². The lowest BCUT2D eigenvalue weighted by Gasteiger charge is -2.49. The summed E-state index contributed by atoms with van der Waals surface area (Å²) in [4.78, 5) is 0. The highest BCUT2D eigenvalue weighted by molar-refractivity contribution is 5.42. The summed E-state index contributed by atoms with van der Waals surface area (Å²) >= 11 is 0. The van der Waals surface area contributed by atoms with E-state index < -0.39 is 5.60 Å². The van der Waals surface area contributed by atoms with Crippen molar-refractivity contribution < 1.29 is 19.3 Å². The average molecular weight is 320 g/mol. The first kappa shape index (κ1) is 16.6. The summed E-state index contributed by atoms with van der Waals surface area (Å²) < 4.78 is 17.2. The highest BCUT2D eigenvalue weighted by atomic mass is 16.5. The Morgan fingerprint density at radius 1 is 1.22 bits per heavy atom. The molecule has 0 spiro atoms. The fourth-order valence-electron chi connectivity index (χ4n) is 4.24. The Kier molecular flexibility index (Phi) is 4.56. The molecular formula is C19H28O4. The van der Waals surface area contributed by atoms with Crippen LogP contribution < -0.4 is 9.47 Å². The molecular weight excluding hydrogens is 292 g/mol. The standard InChI is InChI=1S/C19H28O4/c1-12-5-8-15-17(9-12)23-18(11-19(15,2)20)14-7-6-13(21-3)10-16(14)22-4/h6-7,10,12,15,17-18,20H,5,8-9,11H2,1-4H3/t12-,15-,17-,18-,19?/m1/s1. The zero-order valence-corrected chi connectivity index (χ0v) is 14.5. The number of methoxy groups -OCH3 is 2. The molecule has 1 aliphatic carbocycles. The fraction of sp³-hybridized carbons (Fsp3) is 0.684. The summed E-state index contributed by atoms with van der Waals surface area (Å²) in [5, 5.41) is 11.0. The predicted octanol–water partition coefficient (Wildman–Crippen LogP) is 3.72. The fourth-order valence-corrected chi connectivity index (χ4v) is 4.24. The zero-order chi connectivity index (χ0) is 16.6. The quantitative estimate of drug-likeness (QED) is 0.922. The van der Waals surface area contributed by atoms with Gasteiger partial charge in [0.15, 0.2) is 0 Å². The largest absolute Gasteiger partial charge is 0.497 e. The molecule has 0 aromatic heterocycles. The van der Waals surface area contributed by atoms with E-state index in [2.05, 4.69) is 6.92 Å². The van der Waals surface area contributed by atoms with Gasteiger partial charge in [-0.2, -0.15) is 0 Å². The molecule has 23 heavy (non-hydrogen) atoms. The van der Waals surface area contributed by atoms with Crippen molar-refractivity contribution in [1.82, 2.24) is 0 Å². The molecule has 1 aromatic rings. The Balaban J connectivity index is 1.89. The van der Waals surface area contributed by atoms with E-state index in [1.54, 1.807) is 14.2 Å². The monoisotopic (exact) mass is 320 g/mol. The summed E-state index contributed by atoms with van der Waals surface area (Å²) in [6.07, 6.45) is 3.83. The van der Waals surface area contributed by atoms with Gasteiger partial charge in [0.25, 0.3) is 0 Å². The van der Waals surface area contributed by atoms with Crippen molar-refractivity contribution in [3.8, 4) is 11.5 Å². The number of aliphatic hydroxyl groups is 1. The molecule has 4 nitrogen and oxygen atoms in total. The summed E-state index contributed by atoms with van der Waals surface area (Å²) in [6, 6.07) is 5.79. The molecule has 1 aromatic carbocycles. The van der Waals surface area contributed by atoms with Gasteiger partial charge in [0.1, 0.15) is 11.5 Å². The van der Waals surface area contributed by atoms with Crippen molar-refractivity contribution in [2.45, 2.75) is 57.3 Å². The first-order chi connectivity index (χ1) is 10.9. The van der Waals surface area contributed by atoms with E-state index in [1.807, 2.05) is 25.1 Å². The van der Waals surface area contributed by atoms with Gasteiger partial charge in [0.2, 0.25) is 0 Å². The molecule has 1 aliphatic heterocycles. The maximum absolute atomic E-state index is 11.0. The van der Waals surface area contributed by atoms with Gasteiger partial charge in [0.05, 0.1) is 32.0 Å². The van der Waals surface area contributed by atoms with Crippen LogP contribution >= 0.6 is 0 Å². The van der Waals surface area contributed by atoms with Crippen LogP contribution in [0.1, 0.15) is 51.2 Å². The molecule has 3 rings (SSSR count). The second kappa shape index (κ2) is 6.33. The highest BCUT2D eigenvalue weighted by Gasteiger charge is 2.48. The molecule has 4 heteroatoms. The first-order valence-corrected chi connectivity index (χ1v) is 8.54. The summed E-state index contributed by atoms with van der Waals surface area (Å²) in [5.74, 6) is 2.41. The van der Waals surface area contributed by atoms with Crippen LogP contribution in [0.5, 0.6) is 11.5 Å². The van der Waals surface area contributed by atoms with E-state index in [-0.39, 0.29) is 18.1 Å². The van der Waals surface area contributed by atoms with Crippen molar-refractivity contribution in [3.05, 3.63) is 23.8 Å². The van der Waals surface area contributed by atoms with Crippen LogP contribution in [0.15, 0.2) is 18.2 Å². The van der Waals surface area contributed by atoms with E-state index in [1.165, 1.54) is 6.42 Å². The van der Waals surface area contributed by atoms with Crippen LogP contribution in [-0.2, 0) is 4.74 Å². The maximum Gasteiger partial charge on any atom is 0.128 e. The van der Waals surface area contributed by atoms with Gasteiger partial charge in [-0.1, -0.05) is 13.3 Å². The van der Waals surface area contributed by atoms with E-state index in [0.717, 1.165) is 29.9 Å². The van der Waals surface area contributed by atoms with Crippen molar-refractivity contribution in [2.75, 3.05) is 14.2 Å². The average Bonchev–Trinajstić information content (AvgIpc) is 2.52.